The number of hydrogen-bond donors (Lipinski definition) is 1. The van der Waals surface area contributed by atoms with Gasteiger partial charge in [-0.25, -0.2) is 9.07 Å². The van der Waals surface area contributed by atoms with E-state index in [-0.39, 0.29) is 30.8 Å². The van der Waals surface area contributed by atoms with Crippen molar-refractivity contribution in [2.24, 2.45) is 0 Å². The quantitative estimate of drug-likeness (QED) is 0.760. The number of fused-ring (bicyclic) bond motifs is 1. The summed E-state index contributed by atoms with van der Waals surface area (Å²) in [5.41, 5.74) is 1.26. The molecule has 8 heteroatoms. The van der Waals surface area contributed by atoms with E-state index in [9.17, 15) is 9.18 Å². The largest absolute Gasteiger partial charge is 0.487 e. The lowest BCUT2D eigenvalue weighted by atomic mass is 10.0. The highest BCUT2D eigenvalue weighted by molar-refractivity contribution is 6.32. The predicted octanol–water partition coefficient (Wildman–Crippen LogP) is 3.58. The van der Waals surface area contributed by atoms with Crippen LogP contribution in [-0.2, 0) is 11.4 Å². The molecule has 0 fully saturated rings. The molecule has 0 bridgehead atoms. The highest BCUT2D eigenvalue weighted by Crippen LogP contribution is 2.33. The third kappa shape index (κ3) is 3.13. The van der Waals surface area contributed by atoms with Crippen molar-refractivity contribution in [3.05, 3.63) is 70.8 Å². The van der Waals surface area contributed by atoms with Gasteiger partial charge in [-0.3, -0.25) is 10.1 Å². The number of aromatic nitrogens is 3. The van der Waals surface area contributed by atoms with Gasteiger partial charge in [0.15, 0.2) is 0 Å². The molecule has 1 atom stereocenters. The zero-order valence-electron chi connectivity index (χ0n) is 13.5. The number of ether oxygens (including phenoxy) is 1. The fraction of sp³-hybridized carbons (Fsp3) is 0.167. The van der Waals surface area contributed by atoms with Gasteiger partial charge >= 0.3 is 0 Å². The molecule has 0 aliphatic carbocycles. The molecule has 0 unspecified atom stereocenters. The molecular weight excluding hydrogens is 359 g/mol. The Kier molecular flexibility index (Phi) is 4.30. The zero-order chi connectivity index (χ0) is 18.1. The number of nitrogens with zero attached hydrogens (tertiary/aromatic N) is 3. The summed E-state index contributed by atoms with van der Waals surface area (Å²) < 4.78 is 21.0. The molecule has 0 radical (unpaired) electrons. The standard InChI is InChI=1S/C18H14ClFN4O2/c19-13-7-11(15-8-17(25)23-18-21-10-22-24(15)18)5-6-16(13)26-9-12-3-1-2-4-14(12)20/h1-7,10,15H,8-9H2,(H,21,22,23,25)/t15-/m0/s1. The van der Waals surface area contributed by atoms with E-state index in [1.807, 2.05) is 6.07 Å². The monoisotopic (exact) mass is 372 g/mol. The second-order valence-electron chi connectivity index (χ2n) is 5.87. The average molecular weight is 373 g/mol. The first-order valence-electron chi connectivity index (χ1n) is 7.97. The average Bonchev–Trinajstić information content (AvgIpc) is 3.09. The number of nitrogens with one attached hydrogen (secondary N) is 1. The molecule has 1 amide bonds. The summed E-state index contributed by atoms with van der Waals surface area (Å²) in [6.07, 6.45) is 1.63. The molecule has 132 valence electrons. The van der Waals surface area contributed by atoms with Crippen molar-refractivity contribution in [2.45, 2.75) is 19.1 Å². The van der Waals surface area contributed by atoms with Crippen molar-refractivity contribution in [2.75, 3.05) is 5.32 Å². The zero-order valence-corrected chi connectivity index (χ0v) is 14.3. The highest BCUT2D eigenvalue weighted by atomic mass is 35.5. The van der Waals surface area contributed by atoms with E-state index in [0.29, 0.717) is 22.3 Å². The molecule has 4 rings (SSSR count). The summed E-state index contributed by atoms with van der Waals surface area (Å²) >= 11 is 6.33. The molecule has 26 heavy (non-hydrogen) atoms. The topological polar surface area (TPSA) is 69.0 Å². The summed E-state index contributed by atoms with van der Waals surface area (Å²) in [6.45, 7) is 0.0742. The Hall–Kier alpha value is -2.93. The Morgan fingerprint density at radius 3 is 2.96 bits per heavy atom. The van der Waals surface area contributed by atoms with Crippen LogP contribution in [-0.4, -0.2) is 20.7 Å². The predicted molar refractivity (Wildman–Crippen MR) is 93.6 cm³/mol. The molecule has 0 saturated carbocycles. The Morgan fingerprint density at radius 1 is 1.31 bits per heavy atom. The lowest BCUT2D eigenvalue weighted by Crippen LogP contribution is -2.29. The number of benzene rings is 2. The van der Waals surface area contributed by atoms with Gasteiger partial charge in [-0.2, -0.15) is 10.1 Å². The van der Waals surface area contributed by atoms with Gasteiger partial charge in [-0.15, -0.1) is 0 Å². The first-order valence-corrected chi connectivity index (χ1v) is 8.34. The third-order valence-corrected chi connectivity index (χ3v) is 4.48. The number of anilines is 1. The first kappa shape index (κ1) is 16.5. The van der Waals surface area contributed by atoms with Gasteiger partial charge in [0.1, 0.15) is 24.5 Å². The third-order valence-electron chi connectivity index (χ3n) is 4.18. The van der Waals surface area contributed by atoms with Crippen molar-refractivity contribution < 1.29 is 13.9 Å². The van der Waals surface area contributed by atoms with E-state index in [4.69, 9.17) is 16.3 Å². The fourth-order valence-corrected chi connectivity index (χ4v) is 3.12. The summed E-state index contributed by atoms with van der Waals surface area (Å²) in [6, 6.07) is 11.4. The number of carbonyl (C=O) groups is 1. The SMILES string of the molecule is O=C1C[C@@H](c2ccc(OCc3ccccc3F)c(Cl)c2)n2ncnc2N1. The van der Waals surface area contributed by atoms with Crippen LogP contribution in [0.3, 0.4) is 0 Å². The van der Waals surface area contributed by atoms with Crippen molar-refractivity contribution in [3.8, 4) is 5.75 Å². The number of rotatable bonds is 4. The number of halogens is 2. The van der Waals surface area contributed by atoms with Crippen molar-refractivity contribution in [1.29, 1.82) is 0 Å². The summed E-state index contributed by atoms with van der Waals surface area (Å²) in [7, 11) is 0. The molecular formula is C18H14ClFN4O2. The molecule has 0 spiro atoms. The molecule has 3 aromatic rings. The lowest BCUT2D eigenvalue weighted by Gasteiger charge is -2.24. The minimum Gasteiger partial charge on any atom is -0.487 e. The van der Waals surface area contributed by atoms with Crippen molar-refractivity contribution in [3.63, 3.8) is 0 Å². The molecule has 1 aliphatic heterocycles. The second kappa shape index (κ2) is 6.76. The molecule has 1 aliphatic rings. The lowest BCUT2D eigenvalue weighted by molar-refractivity contribution is -0.117. The molecule has 6 nitrogen and oxygen atoms in total. The Bertz CT molecular complexity index is 975. The van der Waals surface area contributed by atoms with E-state index < -0.39 is 0 Å². The van der Waals surface area contributed by atoms with Crippen LogP contribution in [0.1, 0.15) is 23.6 Å². The molecule has 0 saturated heterocycles. The Morgan fingerprint density at radius 2 is 2.15 bits per heavy atom. The number of carbonyl (C=O) groups excluding carboxylic acids is 1. The Labute approximate surface area is 153 Å². The number of amides is 1. The Balaban J connectivity index is 1.55. The normalized spacial score (nSPS) is 16.1. The van der Waals surface area contributed by atoms with Gasteiger partial charge in [0.2, 0.25) is 11.9 Å². The van der Waals surface area contributed by atoms with Crippen LogP contribution in [0.2, 0.25) is 5.02 Å². The van der Waals surface area contributed by atoms with Crippen LogP contribution in [0.25, 0.3) is 0 Å². The maximum absolute atomic E-state index is 13.7. The van der Waals surface area contributed by atoms with Crippen LogP contribution >= 0.6 is 11.6 Å². The minimum atomic E-state index is -0.327. The van der Waals surface area contributed by atoms with Crippen LogP contribution < -0.4 is 10.1 Å². The van der Waals surface area contributed by atoms with Crippen LogP contribution in [0.4, 0.5) is 10.3 Å². The second-order valence-corrected chi connectivity index (χ2v) is 6.27. The smallest absolute Gasteiger partial charge is 0.229 e. The van der Waals surface area contributed by atoms with Crippen LogP contribution in [0.5, 0.6) is 5.75 Å². The van der Waals surface area contributed by atoms with Crippen molar-refractivity contribution >= 4 is 23.5 Å². The summed E-state index contributed by atoms with van der Waals surface area (Å²) in [4.78, 5) is 15.9. The van der Waals surface area contributed by atoms with Gasteiger partial charge < -0.3 is 4.74 Å². The van der Waals surface area contributed by atoms with E-state index in [1.54, 1.807) is 35.0 Å². The molecule has 2 heterocycles. The molecule has 1 aromatic heterocycles. The maximum atomic E-state index is 13.7. The van der Waals surface area contributed by atoms with E-state index in [0.717, 1.165) is 5.56 Å². The van der Waals surface area contributed by atoms with Crippen molar-refractivity contribution in [1.82, 2.24) is 14.8 Å². The first-order chi connectivity index (χ1) is 12.6. The maximum Gasteiger partial charge on any atom is 0.229 e. The van der Waals surface area contributed by atoms with Crippen LogP contribution in [0.15, 0.2) is 48.8 Å². The van der Waals surface area contributed by atoms with Gasteiger partial charge in [0.05, 0.1) is 17.5 Å². The fourth-order valence-electron chi connectivity index (χ4n) is 2.88. The molecule has 1 N–H and O–H groups in total. The van der Waals surface area contributed by atoms with E-state index >= 15 is 0 Å². The van der Waals surface area contributed by atoms with Crippen LogP contribution in [0, 0.1) is 5.82 Å². The highest BCUT2D eigenvalue weighted by Gasteiger charge is 2.28. The van der Waals surface area contributed by atoms with E-state index in [1.165, 1.54) is 12.4 Å². The summed E-state index contributed by atoms with van der Waals surface area (Å²) in [5.74, 6) is 0.388. The number of hydrogen-bond acceptors (Lipinski definition) is 4. The van der Waals surface area contributed by atoms with Gasteiger partial charge in [0, 0.05) is 5.56 Å². The summed E-state index contributed by atoms with van der Waals surface area (Å²) in [5, 5.41) is 7.21. The van der Waals surface area contributed by atoms with E-state index in [2.05, 4.69) is 15.4 Å². The van der Waals surface area contributed by atoms with Gasteiger partial charge in [-0.05, 0) is 23.8 Å². The molecule has 2 aromatic carbocycles. The minimum absolute atomic E-state index is 0.0742. The van der Waals surface area contributed by atoms with Gasteiger partial charge in [0.25, 0.3) is 0 Å². The van der Waals surface area contributed by atoms with Gasteiger partial charge in [-0.1, -0.05) is 35.9 Å².